The zero-order valence-electron chi connectivity index (χ0n) is 13.9. The first-order valence-corrected chi connectivity index (χ1v) is 9.08. The smallest absolute Gasteiger partial charge is 0.191 e. The molecular formula is C19H27N3O. The molecule has 4 heteroatoms. The van der Waals surface area contributed by atoms with E-state index in [4.69, 9.17) is 9.73 Å². The van der Waals surface area contributed by atoms with Crippen LogP contribution in [0.4, 0.5) is 0 Å². The predicted octanol–water partition coefficient (Wildman–Crippen LogP) is 2.67. The van der Waals surface area contributed by atoms with Gasteiger partial charge >= 0.3 is 0 Å². The molecule has 0 aromatic heterocycles. The van der Waals surface area contributed by atoms with Gasteiger partial charge in [-0.25, -0.2) is 0 Å². The van der Waals surface area contributed by atoms with Crippen molar-refractivity contribution < 1.29 is 4.74 Å². The molecule has 5 unspecified atom stereocenters. The van der Waals surface area contributed by atoms with Gasteiger partial charge in [-0.3, -0.25) is 4.99 Å². The summed E-state index contributed by atoms with van der Waals surface area (Å²) in [4.78, 5) is 4.84. The fourth-order valence-corrected chi connectivity index (χ4v) is 4.05. The van der Waals surface area contributed by atoms with E-state index in [1.54, 1.807) is 0 Å². The van der Waals surface area contributed by atoms with Crippen LogP contribution in [0.5, 0.6) is 0 Å². The van der Waals surface area contributed by atoms with E-state index in [2.05, 4.69) is 47.9 Å². The molecule has 2 heterocycles. The van der Waals surface area contributed by atoms with E-state index < -0.39 is 0 Å². The molecule has 1 aromatic carbocycles. The summed E-state index contributed by atoms with van der Waals surface area (Å²) in [6.07, 6.45) is 5.70. The molecule has 0 radical (unpaired) electrons. The van der Waals surface area contributed by atoms with Gasteiger partial charge in [-0.1, -0.05) is 30.3 Å². The van der Waals surface area contributed by atoms with E-state index in [1.165, 1.54) is 24.8 Å². The molecule has 3 aliphatic rings. The van der Waals surface area contributed by atoms with E-state index in [0.29, 0.717) is 30.1 Å². The first-order valence-electron chi connectivity index (χ1n) is 9.08. The van der Waals surface area contributed by atoms with Crippen LogP contribution in [0, 0.1) is 5.92 Å². The monoisotopic (exact) mass is 313 g/mol. The van der Waals surface area contributed by atoms with Crippen LogP contribution in [0.3, 0.4) is 0 Å². The Morgan fingerprint density at radius 2 is 2.09 bits per heavy atom. The van der Waals surface area contributed by atoms with Gasteiger partial charge in [-0.05, 0) is 50.0 Å². The average Bonchev–Trinajstić information content (AvgIpc) is 3.06. The quantitative estimate of drug-likeness (QED) is 0.649. The molecule has 23 heavy (non-hydrogen) atoms. The number of hydrogen-bond donors (Lipinski definition) is 2. The summed E-state index contributed by atoms with van der Waals surface area (Å²) in [6.45, 7) is 3.94. The van der Waals surface area contributed by atoms with Crippen molar-refractivity contribution >= 4 is 5.96 Å². The lowest BCUT2D eigenvalue weighted by Gasteiger charge is -2.22. The van der Waals surface area contributed by atoms with Gasteiger partial charge in [0.2, 0.25) is 0 Å². The van der Waals surface area contributed by atoms with Crippen molar-refractivity contribution in [3.8, 4) is 0 Å². The fraction of sp³-hybridized carbons (Fsp3) is 0.632. The molecule has 2 bridgehead atoms. The first-order chi connectivity index (χ1) is 11.3. The van der Waals surface area contributed by atoms with Gasteiger partial charge < -0.3 is 15.4 Å². The van der Waals surface area contributed by atoms with Crippen molar-refractivity contribution in [2.24, 2.45) is 10.9 Å². The normalized spacial score (nSPS) is 35.3. The zero-order chi connectivity index (χ0) is 15.6. The van der Waals surface area contributed by atoms with E-state index in [0.717, 1.165) is 25.5 Å². The Morgan fingerprint density at radius 1 is 1.22 bits per heavy atom. The van der Waals surface area contributed by atoms with Crippen molar-refractivity contribution in [3.63, 3.8) is 0 Å². The maximum Gasteiger partial charge on any atom is 0.191 e. The highest BCUT2D eigenvalue weighted by molar-refractivity contribution is 5.80. The summed E-state index contributed by atoms with van der Waals surface area (Å²) in [5, 5.41) is 6.99. The van der Waals surface area contributed by atoms with Gasteiger partial charge in [0.25, 0.3) is 0 Å². The molecular weight excluding hydrogens is 286 g/mol. The summed E-state index contributed by atoms with van der Waals surface area (Å²) in [7, 11) is 0. The Balaban J connectivity index is 1.32. The SMILES string of the molecule is CCNC(=NCC1CC1c1ccccc1)NC1CC2CCC1O2. The lowest BCUT2D eigenvalue weighted by Crippen LogP contribution is -2.47. The van der Waals surface area contributed by atoms with E-state index in [-0.39, 0.29) is 0 Å². The highest BCUT2D eigenvalue weighted by Gasteiger charge is 2.41. The molecule has 5 atom stereocenters. The summed E-state index contributed by atoms with van der Waals surface area (Å²) in [5.41, 5.74) is 1.46. The number of rotatable bonds is 5. The molecule has 1 aliphatic carbocycles. The number of fused-ring (bicyclic) bond motifs is 2. The number of benzene rings is 1. The Kier molecular flexibility index (Phi) is 4.25. The molecule has 0 spiro atoms. The highest BCUT2D eigenvalue weighted by atomic mass is 16.5. The predicted molar refractivity (Wildman–Crippen MR) is 92.7 cm³/mol. The minimum atomic E-state index is 0.391. The summed E-state index contributed by atoms with van der Waals surface area (Å²) in [6, 6.07) is 11.3. The van der Waals surface area contributed by atoms with Crippen LogP contribution in [0.25, 0.3) is 0 Å². The molecule has 124 valence electrons. The number of nitrogens with zero attached hydrogens (tertiary/aromatic N) is 1. The van der Waals surface area contributed by atoms with Crippen LogP contribution in [-0.4, -0.2) is 37.3 Å². The molecule has 3 fully saturated rings. The largest absolute Gasteiger partial charge is 0.373 e. The zero-order valence-corrected chi connectivity index (χ0v) is 13.9. The third-order valence-corrected chi connectivity index (χ3v) is 5.41. The second-order valence-electron chi connectivity index (χ2n) is 7.09. The minimum Gasteiger partial charge on any atom is -0.373 e. The van der Waals surface area contributed by atoms with Crippen molar-refractivity contribution in [1.82, 2.24) is 10.6 Å². The lowest BCUT2D eigenvalue weighted by molar-refractivity contribution is 0.0992. The van der Waals surface area contributed by atoms with Crippen molar-refractivity contribution in [1.29, 1.82) is 0 Å². The van der Waals surface area contributed by atoms with Crippen molar-refractivity contribution in [2.75, 3.05) is 13.1 Å². The van der Waals surface area contributed by atoms with Crippen LogP contribution >= 0.6 is 0 Å². The summed E-state index contributed by atoms with van der Waals surface area (Å²) >= 11 is 0. The van der Waals surface area contributed by atoms with Gasteiger partial charge in [0.15, 0.2) is 5.96 Å². The summed E-state index contributed by atoms with van der Waals surface area (Å²) in [5.74, 6) is 2.37. The molecule has 1 aromatic rings. The second kappa shape index (κ2) is 6.52. The number of hydrogen-bond acceptors (Lipinski definition) is 2. The van der Waals surface area contributed by atoms with Gasteiger partial charge in [0.1, 0.15) is 0 Å². The van der Waals surface area contributed by atoms with Crippen molar-refractivity contribution in [2.45, 2.75) is 56.8 Å². The van der Waals surface area contributed by atoms with Crippen LogP contribution < -0.4 is 10.6 Å². The van der Waals surface area contributed by atoms with Crippen LogP contribution in [-0.2, 0) is 4.74 Å². The Labute approximate surface area is 138 Å². The number of aliphatic imine (C=N–C) groups is 1. The molecule has 2 N–H and O–H groups in total. The van der Waals surface area contributed by atoms with Crippen LogP contribution in [0.2, 0.25) is 0 Å². The molecule has 4 nitrogen and oxygen atoms in total. The summed E-state index contributed by atoms with van der Waals surface area (Å²) < 4.78 is 5.93. The third kappa shape index (κ3) is 3.37. The molecule has 4 rings (SSSR count). The fourth-order valence-electron chi connectivity index (χ4n) is 4.05. The van der Waals surface area contributed by atoms with Crippen LogP contribution in [0.1, 0.15) is 44.1 Å². The maximum absolute atomic E-state index is 5.93. The Bertz CT molecular complexity index is 559. The highest BCUT2D eigenvalue weighted by Crippen LogP contribution is 2.47. The van der Waals surface area contributed by atoms with Gasteiger partial charge in [0.05, 0.1) is 18.2 Å². The van der Waals surface area contributed by atoms with E-state index in [9.17, 15) is 0 Å². The Morgan fingerprint density at radius 3 is 2.78 bits per heavy atom. The van der Waals surface area contributed by atoms with E-state index in [1.807, 2.05) is 0 Å². The van der Waals surface area contributed by atoms with Crippen LogP contribution in [0.15, 0.2) is 35.3 Å². The van der Waals surface area contributed by atoms with Gasteiger partial charge in [-0.2, -0.15) is 0 Å². The number of guanidine groups is 1. The minimum absolute atomic E-state index is 0.391. The topological polar surface area (TPSA) is 45.7 Å². The third-order valence-electron chi connectivity index (χ3n) is 5.41. The number of nitrogens with one attached hydrogen (secondary N) is 2. The van der Waals surface area contributed by atoms with Gasteiger partial charge in [-0.15, -0.1) is 0 Å². The molecule has 1 saturated carbocycles. The lowest BCUT2D eigenvalue weighted by atomic mass is 9.96. The standard InChI is InChI=1S/C19H27N3O/c1-2-20-19(22-17-11-15-8-9-18(17)23-15)21-12-14-10-16(14)13-6-4-3-5-7-13/h3-7,14-18H,2,8-12H2,1H3,(H2,20,21,22). The maximum atomic E-state index is 5.93. The molecule has 2 saturated heterocycles. The molecule has 2 aliphatic heterocycles. The van der Waals surface area contributed by atoms with Crippen molar-refractivity contribution in [3.05, 3.63) is 35.9 Å². The first kappa shape index (κ1) is 15.0. The molecule has 0 amide bonds. The second-order valence-corrected chi connectivity index (χ2v) is 7.09. The average molecular weight is 313 g/mol. The number of ether oxygens (including phenoxy) is 1. The van der Waals surface area contributed by atoms with E-state index >= 15 is 0 Å². The van der Waals surface area contributed by atoms with Gasteiger partial charge in [0, 0.05) is 13.1 Å². The Hall–Kier alpha value is -1.55.